The lowest BCUT2D eigenvalue weighted by molar-refractivity contribution is 0.640. The van der Waals surface area contributed by atoms with E-state index in [9.17, 15) is 0 Å². The maximum absolute atomic E-state index is 6.00. The lowest BCUT2D eigenvalue weighted by atomic mass is 10.1. The zero-order valence-electron chi connectivity index (χ0n) is 8.87. The fraction of sp³-hybridized carbons (Fsp3) is 0.833. The molecule has 1 atom stereocenters. The van der Waals surface area contributed by atoms with E-state index in [-0.39, 0.29) is 0 Å². The highest BCUT2D eigenvalue weighted by molar-refractivity contribution is 7.99. The maximum Gasteiger partial charge on any atom is 0.0130 e. The lowest BCUT2D eigenvalue weighted by Crippen LogP contribution is -2.23. The molecule has 1 nitrogen and oxygen atoms in total. The van der Waals surface area contributed by atoms with Crippen molar-refractivity contribution < 1.29 is 0 Å². The topological polar surface area (TPSA) is 26.0 Å². The number of hydrogen-bond donors (Lipinski definition) is 1. The van der Waals surface area contributed by atoms with Gasteiger partial charge in [-0.1, -0.05) is 12.8 Å². The molecule has 0 bridgehead atoms. The maximum atomic E-state index is 6.00. The van der Waals surface area contributed by atoms with Crippen molar-refractivity contribution in [2.45, 2.75) is 56.2 Å². The molecule has 0 radical (unpaired) electrons. The highest BCUT2D eigenvalue weighted by Crippen LogP contribution is 2.29. The minimum Gasteiger partial charge on any atom is -0.327 e. The van der Waals surface area contributed by atoms with Crippen molar-refractivity contribution in [2.75, 3.05) is 5.75 Å². The van der Waals surface area contributed by atoms with Gasteiger partial charge in [0.1, 0.15) is 0 Å². The molecule has 1 fully saturated rings. The third kappa shape index (κ3) is 4.93. The summed E-state index contributed by atoms with van der Waals surface area (Å²) < 4.78 is 0. The summed E-state index contributed by atoms with van der Waals surface area (Å²) >= 11 is 2.07. The second kappa shape index (κ2) is 7.20. The predicted octanol–water partition coefficient (Wildman–Crippen LogP) is 2.79. The third-order valence-corrected chi connectivity index (χ3v) is 4.31. The lowest BCUT2D eigenvalue weighted by Gasteiger charge is -2.13. The van der Waals surface area contributed by atoms with Gasteiger partial charge >= 0.3 is 0 Å². The van der Waals surface area contributed by atoms with E-state index in [4.69, 9.17) is 12.2 Å². The van der Waals surface area contributed by atoms with Crippen LogP contribution in [0.5, 0.6) is 0 Å². The summed E-state index contributed by atoms with van der Waals surface area (Å²) in [6, 6.07) is 0.356. The molecule has 1 unspecified atom stereocenters. The monoisotopic (exact) mass is 211 g/mol. The van der Waals surface area contributed by atoms with Gasteiger partial charge in [-0.3, -0.25) is 0 Å². The molecule has 1 aliphatic rings. The summed E-state index contributed by atoms with van der Waals surface area (Å²) in [5.74, 6) is 3.78. The van der Waals surface area contributed by atoms with E-state index in [1.807, 2.05) is 0 Å². The van der Waals surface area contributed by atoms with Crippen LogP contribution in [-0.2, 0) is 0 Å². The van der Waals surface area contributed by atoms with E-state index < -0.39 is 0 Å². The van der Waals surface area contributed by atoms with Crippen LogP contribution in [0.2, 0.25) is 0 Å². The minimum atomic E-state index is 0.356. The van der Waals surface area contributed by atoms with Crippen molar-refractivity contribution in [3.63, 3.8) is 0 Å². The van der Waals surface area contributed by atoms with Crippen LogP contribution in [0.25, 0.3) is 0 Å². The summed E-state index contributed by atoms with van der Waals surface area (Å²) in [4.78, 5) is 0. The van der Waals surface area contributed by atoms with Gasteiger partial charge in [-0.2, -0.15) is 11.8 Å². The first-order valence-electron chi connectivity index (χ1n) is 5.63. The molecule has 0 aliphatic heterocycles. The summed E-state index contributed by atoms with van der Waals surface area (Å²) in [6.07, 6.45) is 13.9. The average Bonchev–Trinajstić information content (AvgIpc) is 2.68. The molecular weight excluding hydrogens is 190 g/mol. The Labute approximate surface area is 92.2 Å². The Morgan fingerprint density at radius 3 is 2.79 bits per heavy atom. The number of nitrogens with two attached hydrogens (primary N) is 1. The molecule has 0 aromatic carbocycles. The van der Waals surface area contributed by atoms with Crippen molar-refractivity contribution >= 4 is 11.8 Å². The van der Waals surface area contributed by atoms with Crippen molar-refractivity contribution in [2.24, 2.45) is 5.73 Å². The summed E-state index contributed by atoms with van der Waals surface area (Å²) in [7, 11) is 0. The van der Waals surface area contributed by atoms with Gasteiger partial charge in [-0.05, 0) is 25.7 Å². The normalized spacial score (nSPS) is 19.4. The molecule has 0 aromatic rings. The van der Waals surface area contributed by atoms with Crippen LogP contribution in [0.15, 0.2) is 0 Å². The van der Waals surface area contributed by atoms with Crippen molar-refractivity contribution in [1.29, 1.82) is 0 Å². The molecule has 2 heteroatoms. The number of terminal acetylenes is 1. The van der Waals surface area contributed by atoms with E-state index in [2.05, 4.69) is 17.7 Å². The molecule has 80 valence electrons. The SMILES string of the molecule is C#CCCCC(N)CSC1CCCC1. The molecule has 2 N–H and O–H groups in total. The van der Waals surface area contributed by atoms with Crippen LogP contribution in [0.4, 0.5) is 0 Å². The van der Waals surface area contributed by atoms with Gasteiger partial charge in [-0.25, -0.2) is 0 Å². The van der Waals surface area contributed by atoms with Gasteiger partial charge in [0.15, 0.2) is 0 Å². The van der Waals surface area contributed by atoms with Crippen LogP contribution in [-0.4, -0.2) is 17.0 Å². The van der Waals surface area contributed by atoms with Crippen molar-refractivity contribution in [3.05, 3.63) is 0 Å². The van der Waals surface area contributed by atoms with Crippen LogP contribution in [0.1, 0.15) is 44.9 Å². The Balaban J connectivity index is 1.97. The van der Waals surface area contributed by atoms with Gasteiger partial charge in [0.05, 0.1) is 0 Å². The summed E-state index contributed by atoms with van der Waals surface area (Å²) in [5, 5.41) is 0.897. The highest BCUT2D eigenvalue weighted by atomic mass is 32.2. The largest absolute Gasteiger partial charge is 0.327 e. The Bertz CT molecular complexity index is 179. The Morgan fingerprint density at radius 2 is 2.14 bits per heavy atom. The first-order chi connectivity index (χ1) is 6.83. The molecule has 0 heterocycles. The standard InChI is InChI=1S/C12H21NS/c1-2-3-4-7-11(13)10-14-12-8-5-6-9-12/h1,11-12H,3-10,13H2. The van der Waals surface area contributed by atoms with E-state index in [0.29, 0.717) is 6.04 Å². The first-order valence-corrected chi connectivity index (χ1v) is 6.68. The number of rotatable bonds is 6. The van der Waals surface area contributed by atoms with Gasteiger partial charge in [0.25, 0.3) is 0 Å². The quantitative estimate of drug-likeness (QED) is 0.540. The fourth-order valence-electron chi connectivity index (χ4n) is 1.86. The molecule has 0 spiro atoms. The Morgan fingerprint density at radius 1 is 1.43 bits per heavy atom. The van der Waals surface area contributed by atoms with Gasteiger partial charge in [0, 0.05) is 23.5 Å². The van der Waals surface area contributed by atoms with Crippen LogP contribution in [0, 0.1) is 12.3 Å². The van der Waals surface area contributed by atoms with Gasteiger partial charge in [0.2, 0.25) is 0 Å². The van der Waals surface area contributed by atoms with Gasteiger partial charge in [-0.15, -0.1) is 12.3 Å². The second-order valence-corrected chi connectivity index (χ2v) is 5.43. The second-order valence-electron chi connectivity index (χ2n) is 4.10. The van der Waals surface area contributed by atoms with E-state index in [0.717, 1.165) is 30.3 Å². The highest BCUT2D eigenvalue weighted by Gasteiger charge is 2.16. The first kappa shape index (κ1) is 11.9. The smallest absolute Gasteiger partial charge is 0.0130 e. The van der Waals surface area contributed by atoms with E-state index >= 15 is 0 Å². The van der Waals surface area contributed by atoms with E-state index in [1.54, 1.807) is 0 Å². The van der Waals surface area contributed by atoms with Crippen LogP contribution < -0.4 is 5.73 Å². The van der Waals surface area contributed by atoms with Gasteiger partial charge < -0.3 is 5.73 Å². The number of unbranched alkanes of at least 4 members (excludes halogenated alkanes) is 1. The minimum absolute atomic E-state index is 0.356. The molecule has 14 heavy (non-hydrogen) atoms. The molecule has 1 saturated carbocycles. The van der Waals surface area contributed by atoms with Crippen LogP contribution >= 0.6 is 11.8 Å². The molecule has 0 saturated heterocycles. The summed E-state index contributed by atoms with van der Waals surface area (Å²) in [6.45, 7) is 0. The Hall–Kier alpha value is -0.130. The average molecular weight is 211 g/mol. The zero-order chi connectivity index (χ0) is 10.2. The number of thioether (sulfide) groups is 1. The van der Waals surface area contributed by atoms with E-state index in [1.165, 1.54) is 25.7 Å². The zero-order valence-corrected chi connectivity index (χ0v) is 9.69. The van der Waals surface area contributed by atoms with Crippen molar-refractivity contribution in [1.82, 2.24) is 0 Å². The molecule has 0 aromatic heterocycles. The fourth-order valence-corrected chi connectivity index (χ4v) is 3.22. The van der Waals surface area contributed by atoms with Crippen molar-refractivity contribution in [3.8, 4) is 12.3 Å². The molecule has 1 rings (SSSR count). The summed E-state index contributed by atoms with van der Waals surface area (Å²) in [5.41, 5.74) is 6.00. The predicted molar refractivity (Wildman–Crippen MR) is 65.4 cm³/mol. The molecule has 1 aliphatic carbocycles. The number of hydrogen-bond acceptors (Lipinski definition) is 2. The van der Waals surface area contributed by atoms with Crippen LogP contribution in [0.3, 0.4) is 0 Å². The molecular formula is C12H21NS. The Kier molecular flexibility index (Phi) is 6.14. The third-order valence-electron chi connectivity index (χ3n) is 2.74. The molecule has 0 amide bonds.